The quantitative estimate of drug-likeness (QED) is 0.561. The maximum atomic E-state index is 11.0. The molecule has 2 fully saturated rings. The van der Waals surface area contributed by atoms with E-state index in [1.165, 1.54) is 8.93 Å². The van der Waals surface area contributed by atoms with Crippen LogP contribution in [0.1, 0.15) is 36.8 Å². The van der Waals surface area contributed by atoms with Crippen LogP contribution < -0.4 is 0 Å². The number of halogens is 1. The molecule has 1 saturated heterocycles. The monoisotopic (exact) mass is 416 g/mol. The lowest BCUT2D eigenvalue weighted by Gasteiger charge is -2.40. The van der Waals surface area contributed by atoms with Crippen molar-refractivity contribution < 1.29 is 14.6 Å². The molecular weight excluding hydrogens is 399 g/mol. The van der Waals surface area contributed by atoms with E-state index >= 15 is 0 Å². The molecule has 1 saturated carbocycles. The van der Waals surface area contributed by atoms with Gasteiger partial charge in [0, 0.05) is 39.6 Å². The highest BCUT2D eigenvalue weighted by Gasteiger charge is 2.46. The Morgan fingerprint density at radius 1 is 1.14 bits per heavy atom. The Balaban J connectivity index is 1.77. The normalized spacial score (nSPS) is 22.8. The highest BCUT2D eigenvalue weighted by atomic mass is 127. The van der Waals surface area contributed by atoms with Crippen molar-refractivity contribution >= 4 is 30.1 Å². The molecule has 1 N–H and O–H groups in total. The summed E-state index contributed by atoms with van der Waals surface area (Å²) in [5.41, 5.74) is 1.09. The number of ether oxygens (including phenoxy) is 2. The standard InChI is InChI=1S/C16H17IO3S/c17-21-11-4-13-2-1-3-14(12-13)15(18)5-7-16(8-6-15)19-9-10-20-16/h1-3,12,18H,5-10H2. The van der Waals surface area contributed by atoms with Crippen LogP contribution in [0.4, 0.5) is 0 Å². The summed E-state index contributed by atoms with van der Waals surface area (Å²) >= 11 is 2.15. The van der Waals surface area contributed by atoms with Crippen molar-refractivity contribution in [1.29, 1.82) is 0 Å². The minimum Gasteiger partial charge on any atom is -0.385 e. The fourth-order valence-corrected chi connectivity index (χ4v) is 3.57. The zero-order chi connectivity index (χ0) is 14.8. The first-order chi connectivity index (χ1) is 10.2. The zero-order valence-electron chi connectivity index (χ0n) is 11.6. The molecule has 0 aromatic heterocycles. The predicted molar refractivity (Wildman–Crippen MR) is 91.9 cm³/mol. The maximum Gasteiger partial charge on any atom is 0.168 e. The Bertz CT molecular complexity index is 562. The first-order valence-electron chi connectivity index (χ1n) is 7.05. The molecule has 112 valence electrons. The van der Waals surface area contributed by atoms with Crippen molar-refractivity contribution in [2.24, 2.45) is 0 Å². The van der Waals surface area contributed by atoms with Gasteiger partial charge in [-0.15, -0.1) is 0 Å². The molecule has 0 amide bonds. The van der Waals surface area contributed by atoms with Gasteiger partial charge in [0.25, 0.3) is 0 Å². The van der Waals surface area contributed by atoms with Crippen LogP contribution in [0.15, 0.2) is 24.3 Å². The first kappa shape index (κ1) is 15.6. The molecule has 1 aromatic carbocycles. The summed E-state index contributed by atoms with van der Waals surface area (Å²) in [5.74, 6) is 2.64. The Kier molecular flexibility index (Phi) is 4.81. The van der Waals surface area contributed by atoms with Gasteiger partial charge in [0.15, 0.2) is 5.79 Å². The lowest BCUT2D eigenvalue weighted by molar-refractivity contribution is -0.204. The zero-order valence-corrected chi connectivity index (χ0v) is 14.6. The van der Waals surface area contributed by atoms with E-state index in [1.54, 1.807) is 0 Å². The molecule has 0 unspecified atom stereocenters. The lowest BCUT2D eigenvalue weighted by atomic mass is 9.77. The van der Waals surface area contributed by atoms with Crippen LogP contribution in [-0.4, -0.2) is 24.1 Å². The summed E-state index contributed by atoms with van der Waals surface area (Å²) in [5, 5.41) is 13.9. The Morgan fingerprint density at radius 3 is 2.52 bits per heavy atom. The molecule has 1 aliphatic carbocycles. The minimum atomic E-state index is -0.796. The number of hydrogen-bond donors (Lipinski definition) is 1. The number of rotatable bonds is 1. The van der Waals surface area contributed by atoms with Gasteiger partial charge >= 0.3 is 0 Å². The summed E-state index contributed by atoms with van der Waals surface area (Å²) in [6, 6.07) is 7.91. The van der Waals surface area contributed by atoms with Gasteiger partial charge in [-0.1, -0.05) is 18.1 Å². The molecule has 1 aliphatic heterocycles. The molecule has 0 bridgehead atoms. The number of aliphatic hydroxyl groups is 1. The smallest absolute Gasteiger partial charge is 0.168 e. The SMILES string of the molecule is OC1(c2cccc(C#CSI)c2)CCC2(CC1)OCCO2. The lowest BCUT2D eigenvalue weighted by Crippen LogP contribution is -2.42. The third-order valence-electron chi connectivity index (χ3n) is 4.29. The van der Waals surface area contributed by atoms with Gasteiger partial charge in [-0.2, -0.15) is 0 Å². The topological polar surface area (TPSA) is 38.7 Å². The van der Waals surface area contributed by atoms with Crippen LogP contribution >= 0.6 is 30.1 Å². The van der Waals surface area contributed by atoms with E-state index in [1.807, 2.05) is 24.3 Å². The molecular formula is C16H17IO3S. The van der Waals surface area contributed by atoms with Crippen LogP contribution in [0.3, 0.4) is 0 Å². The van der Waals surface area contributed by atoms with Crippen LogP contribution in [0.5, 0.6) is 0 Å². The molecule has 0 atom stereocenters. The average Bonchev–Trinajstić information content (AvgIpc) is 2.98. The predicted octanol–water partition coefficient (Wildman–Crippen LogP) is 3.58. The molecule has 1 heterocycles. The molecule has 1 aromatic rings. The highest BCUT2D eigenvalue weighted by molar-refractivity contribution is 14.2. The second-order valence-electron chi connectivity index (χ2n) is 5.52. The second-order valence-corrected chi connectivity index (χ2v) is 7.20. The third-order valence-corrected chi connectivity index (χ3v) is 5.13. The summed E-state index contributed by atoms with van der Waals surface area (Å²) in [6.07, 6.45) is 2.79. The summed E-state index contributed by atoms with van der Waals surface area (Å²) in [4.78, 5) is 0. The van der Waals surface area contributed by atoms with Gasteiger partial charge in [-0.25, -0.2) is 0 Å². The Hall–Kier alpha value is -0.260. The fraction of sp³-hybridized carbons (Fsp3) is 0.500. The van der Waals surface area contributed by atoms with E-state index in [0.717, 1.165) is 24.0 Å². The molecule has 21 heavy (non-hydrogen) atoms. The van der Waals surface area contributed by atoms with E-state index in [4.69, 9.17) is 9.47 Å². The van der Waals surface area contributed by atoms with Crippen molar-refractivity contribution in [3.8, 4) is 11.2 Å². The molecule has 2 aliphatic rings. The minimum absolute atomic E-state index is 0.443. The largest absolute Gasteiger partial charge is 0.385 e. The summed E-state index contributed by atoms with van der Waals surface area (Å²) < 4.78 is 11.5. The van der Waals surface area contributed by atoms with Crippen molar-refractivity contribution in [3.05, 3.63) is 35.4 Å². The number of hydrogen-bond acceptors (Lipinski definition) is 4. The molecule has 3 nitrogen and oxygen atoms in total. The number of benzene rings is 1. The van der Waals surface area contributed by atoms with Crippen LogP contribution in [0, 0.1) is 11.2 Å². The van der Waals surface area contributed by atoms with Gasteiger partial charge in [0.1, 0.15) is 0 Å². The molecule has 1 spiro atoms. The average molecular weight is 416 g/mol. The Morgan fingerprint density at radius 2 is 1.86 bits per heavy atom. The van der Waals surface area contributed by atoms with Gasteiger partial charge in [-0.3, -0.25) is 0 Å². The molecule has 5 heteroatoms. The Labute approximate surface area is 141 Å². The van der Waals surface area contributed by atoms with Crippen molar-refractivity contribution in [2.75, 3.05) is 13.2 Å². The van der Waals surface area contributed by atoms with Gasteiger partial charge in [0.2, 0.25) is 0 Å². The van der Waals surface area contributed by atoms with Crippen molar-refractivity contribution in [2.45, 2.75) is 37.1 Å². The molecule has 0 radical (unpaired) electrons. The van der Waals surface area contributed by atoms with E-state index in [2.05, 4.69) is 32.4 Å². The summed E-state index contributed by atoms with van der Waals surface area (Å²) in [7, 11) is 1.46. The van der Waals surface area contributed by atoms with E-state index < -0.39 is 11.4 Å². The maximum absolute atomic E-state index is 11.0. The van der Waals surface area contributed by atoms with E-state index in [9.17, 15) is 5.11 Å². The van der Waals surface area contributed by atoms with Gasteiger partial charge in [0.05, 0.1) is 18.8 Å². The van der Waals surface area contributed by atoms with Crippen LogP contribution in [0.2, 0.25) is 0 Å². The molecule has 3 rings (SSSR count). The van der Waals surface area contributed by atoms with E-state index in [-0.39, 0.29) is 0 Å². The van der Waals surface area contributed by atoms with Crippen LogP contribution in [-0.2, 0) is 15.1 Å². The summed E-state index contributed by atoms with van der Waals surface area (Å²) in [6.45, 7) is 1.33. The first-order valence-corrected chi connectivity index (χ1v) is 10.4. The third kappa shape index (κ3) is 3.40. The highest BCUT2D eigenvalue weighted by Crippen LogP contribution is 2.44. The fourth-order valence-electron chi connectivity index (χ4n) is 3.08. The second kappa shape index (κ2) is 6.47. The van der Waals surface area contributed by atoms with E-state index in [0.29, 0.717) is 26.1 Å². The van der Waals surface area contributed by atoms with Crippen molar-refractivity contribution in [1.82, 2.24) is 0 Å². The van der Waals surface area contributed by atoms with Gasteiger partial charge < -0.3 is 14.6 Å². The van der Waals surface area contributed by atoms with Gasteiger partial charge in [-0.05, 0) is 44.7 Å². The van der Waals surface area contributed by atoms with Crippen molar-refractivity contribution in [3.63, 3.8) is 0 Å². The van der Waals surface area contributed by atoms with Crippen LogP contribution in [0.25, 0.3) is 0 Å².